The third-order valence-corrected chi connectivity index (χ3v) is 1.96. The van der Waals surface area contributed by atoms with Crippen LogP contribution in [0.4, 0.5) is 5.82 Å². The fraction of sp³-hybridized carbons (Fsp3) is 0.0909. The standard InChI is InChI=1S/C11H11N3O/c1-15-10-7-9(12)13-11(14-10)8-5-3-2-4-6-8/h2-7H,1H3,(H2,12,13,14). The first-order valence-electron chi connectivity index (χ1n) is 4.53. The summed E-state index contributed by atoms with van der Waals surface area (Å²) in [7, 11) is 1.55. The molecule has 0 amide bonds. The molecule has 2 rings (SSSR count). The molecule has 1 heterocycles. The van der Waals surface area contributed by atoms with Crippen LogP contribution in [-0.2, 0) is 0 Å². The first kappa shape index (κ1) is 9.45. The molecule has 76 valence electrons. The maximum Gasteiger partial charge on any atom is 0.218 e. The largest absolute Gasteiger partial charge is 0.481 e. The van der Waals surface area contributed by atoms with Crippen LogP contribution in [0, 0.1) is 0 Å². The maximum atomic E-state index is 5.64. The maximum absolute atomic E-state index is 5.64. The van der Waals surface area contributed by atoms with Crippen molar-refractivity contribution in [1.82, 2.24) is 9.97 Å². The van der Waals surface area contributed by atoms with Crippen LogP contribution in [0.3, 0.4) is 0 Å². The lowest BCUT2D eigenvalue weighted by Gasteiger charge is -2.04. The number of anilines is 1. The highest BCUT2D eigenvalue weighted by atomic mass is 16.5. The number of rotatable bonds is 2. The van der Waals surface area contributed by atoms with Crippen LogP contribution < -0.4 is 10.5 Å². The molecule has 4 nitrogen and oxygen atoms in total. The van der Waals surface area contributed by atoms with Crippen LogP contribution >= 0.6 is 0 Å². The Morgan fingerprint density at radius 3 is 2.53 bits per heavy atom. The molecular weight excluding hydrogens is 190 g/mol. The summed E-state index contributed by atoms with van der Waals surface area (Å²) in [4.78, 5) is 8.35. The van der Waals surface area contributed by atoms with Crippen molar-refractivity contribution in [2.45, 2.75) is 0 Å². The third-order valence-electron chi connectivity index (χ3n) is 1.96. The highest BCUT2D eigenvalue weighted by Crippen LogP contribution is 2.19. The van der Waals surface area contributed by atoms with E-state index in [1.54, 1.807) is 13.2 Å². The van der Waals surface area contributed by atoms with Crippen LogP contribution in [-0.4, -0.2) is 17.1 Å². The Morgan fingerprint density at radius 2 is 1.87 bits per heavy atom. The van der Waals surface area contributed by atoms with Gasteiger partial charge in [0.25, 0.3) is 0 Å². The molecule has 0 saturated carbocycles. The van der Waals surface area contributed by atoms with E-state index in [2.05, 4.69) is 9.97 Å². The Hall–Kier alpha value is -2.10. The third kappa shape index (κ3) is 2.04. The van der Waals surface area contributed by atoms with Crippen LogP contribution in [0.2, 0.25) is 0 Å². The van der Waals surface area contributed by atoms with Crippen molar-refractivity contribution in [2.75, 3.05) is 12.8 Å². The Morgan fingerprint density at radius 1 is 1.13 bits per heavy atom. The van der Waals surface area contributed by atoms with Gasteiger partial charge < -0.3 is 10.5 Å². The SMILES string of the molecule is COc1cc(N)nc(-c2ccccc2)n1. The lowest BCUT2D eigenvalue weighted by atomic mass is 10.2. The zero-order chi connectivity index (χ0) is 10.7. The predicted molar refractivity (Wildman–Crippen MR) is 58.4 cm³/mol. The average Bonchev–Trinajstić information content (AvgIpc) is 2.29. The fourth-order valence-corrected chi connectivity index (χ4v) is 1.26. The van der Waals surface area contributed by atoms with E-state index < -0.39 is 0 Å². The highest BCUT2D eigenvalue weighted by molar-refractivity contribution is 5.57. The monoisotopic (exact) mass is 201 g/mol. The topological polar surface area (TPSA) is 61.0 Å². The Labute approximate surface area is 87.7 Å². The highest BCUT2D eigenvalue weighted by Gasteiger charge is 2.04. The quantitative estimate of drug-likeness (QED) is 0.803. The number of ether oxygens (including phenoxy) is 1. The van der Waals surface area contributed by atoms with Gasteiger partial charge in [0, 0.05) is 11.6 Å². The van der Waals surface area contributed by atoms with E-state index in [1.807, 2.05) is 30.3 Å². The van der Waals surface area contributed by atoms with Crippen molar-refractivity contribution >= 4 is 5.82 Å². The first-order chi connectivity index (χ1) is 7.29. The van der Waals surface area contributed by atoms with Gasteiger partial charge in [0.15, 0.2) is 5.82 Å². The Kier molecular flexibility index (Phi) is 2.49. The number of nitrogens with two attached hydrogens (primary N) is 1. The summed E-state index contributed by atoms with van der Waals surface area (Å²) in [6, 6.07) is 11.2. The van der Waals surface area contributed by atoms with Gasteiger partial charge in [-0.05, 0) is 0 Å². The molecule has 0 radical (unpaired) electrons. The van der Waals surface area contributed by atoms with Gasteiger partial charge in [-0.1, -0.05) is 30.3 Å². The molecule has 0 spiro atoms. The Bertz CT molecular complexity index is 457. The van der Waals surface area contributed by atoms with E-state index >= 15 is 0 Å². The van der Waals surface area contributed by atoms with E-state index in [-0.39, 0.29) is 0 Å². The van der Waals surface area contributed by atoms with E-state index in [0.29, 0.717) is 17.5 Å². The first-order valence-corrected chi connectivity index (χ1v) is 4.53. The normalized spacial score (nSPS) is 9.93. The molecule has 0 aliphatic heterocycles. The van der Waals surface area contributed by atoms with Crippen LogP contribution in [0.25, 0.3) is 11.4 Å². The molecule has 1 aromatic carbocycles. The molecule has 0 bridgehead atoms. The smallest absolute Gasteiger partial charge is 0.218 e. The second-order valence-electron chi connectivity index (χ2n) is 3.02. The van der Waals surface area contributed by atoms with Crippen molar-refractivity contribution in [3.8, 4) is 17.3 Å². The van der Waals surface area contributed by atoms with Crippen molar-refractivity contribution < 1.29 is 4.74 Å². The van der Waals surface area contributed by atoms with Crippen LogP contribution in [0.1, 0.15) is 0 Å². The van der Waals surface area contributed by atoms with Gasteiger partial charge in [0.2, 0.25) is 5.88 Å². The van der Waals surface area contributed by atoms with Gasteiger partial charge in [0.05, 0.1) is 7.11 Å². The van der Waals surface area contributed by atoms with Gasteiger partial charge in [-0.2, -0.15) is 4.98 Å². The molecule has 15 heavy (non-hydrogen) atoms. The summed E-state index contributed by atoms with van der Waals surface area (Å²) in [5.74, 6) is 1.45. The molecule has 2 N–H and O–H groups in total. The molecular formula is C11H11N3O. The number of benzene rings is 1. The van der Waals surface area contributed by atoms with Crippen LogP contribution in [0.5, 0.6) is 5.88 Å². The number of aromatic nitrogens is 2. The van der Waals surface area contributed by atoms with Gasteiger partial charge in [-0.15, -0.1) is 0 Å². The molecule has 0 fully saturated rings. The predicted octanol–water partition coefficient (Wildman–Crippen LogP) is 1.73. The number of nitrogen functional groups attached to an aromatic ring is 1. The van der Waals surface area contributed by atoms with Crippen molar-refractivity contribution in [1.29, 1.82) is 0 Å². The van der Waals surface area contributed by atoms with E-state index in [0.717, 1.165) is 5.56 Å². The van der Waals surface area contributed by atoms with Crippen LogP contribution in [0.15, 0.2) is 36.4 Å². The zero-order valence-corrected chi connectivity index (χ0v) is 8.34. The molecule has 4 heteroatoms. The molecule has 0 atom stereocenters. The lowest BCUT2D eigenvalue weighted by Crippen LogP contribution is -1.98. The number of hydrogen-bond acceptors (Lipinski definition) is 4. The van der Waals surface area contributed by atoms with Gasteiger partial charge in [-0.3, -0.25) is 0 Å². The molecule has 0 saturated heterocycles. The minimum absolute atomic E-state index is 0.403. The summed E-state index contributed by atoms with van der Waals surface area (Å²) in [5.41, 5.74) is 6.56. The fourth-order valence-electron chi connectivity index (χ4n) is 1.26. The lowest BCUT2D eigenvalue weighted by molar-refractivity contribution is 0.398. The number of nitrogens with zero attached hydrogens (tertiary/aromatic N) is 2. The second kappa shape index (κ2) is 3.96. The average molecular weight is 201 g/mol. The minimum atomic E-state index is 0.403. The summed E-state index contributed by atoms with van der Waals surface area (Å²) in [6.07, 6.45) is 0. The van der Waals surface area contributed by atoms with Crippen molar-refractivity contribution in [2.24, 2.45) is 0 Å². The van der Waals surface area contributed by atoms with Gasteiger partial charge in [0.1, 0.15) is 5.82 Å². The minimum Gasteiger partial charge on any atom is -0.481 e. The summed E-state index contributed by atoms with van der Waals surface area (Å²) >= 11 is 0. The van der Waals surface area contributed by atoms with Crippen molar-refractivity contribution in [3.63, 3.8) is 0 Å². The summed E-state index contributed by atoms with van der Waals surface area (Å²) in [6.45, 7) is 0. The molecule has 1 aromatic heterocycles. The molecule has 0 aliphatic rings. The summed E-state index contributed by atoms with van der Waals surface area (Å²) < 4.78 is 5.03. The van der Waals surface area contributed by atoms with Crippen molar-refractivity contribution in [3.05, 3.63) is 36.4 Å². The zero-order valence-electron chi connectivity index (χ0n) is 8.34. The van der Waals surface area contributed by atoms with E-state index in [4.69, 9.17) is 10.5 Å². The molecule has 2 aromatic rings. The Balaban J connectivity index is 2.49. The number of hydrogen-bond donors (Lipinski definition) is 1. The van der Waals surface area contributed by atoms with Gasteiger partial charge >= 0.3 is 0 Å². The van der Waals surface area contributed by atoms with E-state index in [1.165, 1.54) is 0 Å². The van der Waals surface area contributed by atoms with Gasteiger partial charge in [-0.25, -0.2) is 4.98 Å². The number of methoxy groups -OCH3 is 1. The second-order valence-corrected chi connectivity index (χ2v) is 3.02. The van der Waals surface area contributed by atoms with E-state index in [9.17, 15) is 0 Å². The summed E-state index contributed by atoms with van der Waals surface area (Å²) in [5, 5.41) is 0. The molecule has 0 unspecified atom stereocenters. The molecule has 0 aliphatic carbocycles.